The van der Waals surface area contributed by atoms with Gasteiger partial charge in [0.1, 0.15) is 0 Å². The first kappa shape index (κ1) is 11.8. The van der Waals surface area contributed by atoms with E-state index < -0.39 is 5.97 Å². The molecular weight excluding hydrogens is 242 g/mol. The van der Waals surface area contributed by atoms with E-state index in [1.165, 1.54) is 5.56 Å². The molecule has 0 amide bonds. The molecule has 19 heavy (non-hydrogen) atoms. The lowest BCUT2D eigenvalue weighted by atomic mass is 10.1. The maximum absolute atomic E-state index is 11.0. The van der Waals surface area contributed by atoms with E-state index in [0.29, 0.717) is 5.78 Å². The fourth-order valence-corrected chi connectivity index (χ4v) is 2.47. The number of carbonyl (C=O) groups is 1. The van der Waals surface area contributed by atoms with Crippen LogP contribution in [0.25, 0.3) is 16.8 Å². The third kappa shape index (κ3) is 1.78. The molecule has 0 radical (unpaired) electrons. The minimum absolute atomic E-state index is 0.00712. The highest BCUT2D eigenvalue weighted by atomic mass is 16.4. The minimum Gasteiger partial charge on any atom is -0.481 e. The summed E-state index contributed by atoms with van der Waals surface area (Å²) in [6, 6.07) is 6.12. The second-order valence-electron chi connectivity index (χ2n) is 4.71. The molecule has 0 atom stereocenters. The molecule has 3 rings (SSSR count). The summed E-state index contributed by atoms with van der Waals surface area (Å²) < 4.78 is 1.90. The second kappa shape index (κ2) is 4.12. The summed E-state index contributed by atoms with van der Waals surface area (Å²) in [4.78, 5) is 18.6. The lowest BCUT2D eigenvalue weighted by Gasteiger charge is -2.00. The number of aryl methyl sites for hydroxylation is 2. The third-order valence-electron chi connectivity index (χ3n) is 3.45. The molecule has 98 valence electrons. The molecule has 5 nitrogen and oxygen atoms in total. The van der Waals surface area contributed by atoms with Gasteiger partial charge in [0.2, 0.25) is 5.78 Å². The first-order valence-electron chi connectivity index (χ1n) is 6.30. The lowest BCUT2D eigenvalue weighted by Crippen LogP contribution is -2.04. The van der Waals surface area contributed by atoms with Crippen LogP contribution in [-0.2, 0) is 17.6 Å². The number of aliphatic carboxylic acids is 1. The molecule has 0 fully saturated rings. The lowest BCUT2D eigenvalue weighted by molar-refractivity contribution is -0.136. The summed E-state index contributed by atoms with van der Waals surface area (Å²) in [6.07, 6.45) is 0.954. The van der Waals surface area contributed by atoms with E-state index in [-0.39, 0.29) is 6.42 Å². The Morgan fingerprint density at radius 3 is 2.95 bits per heavy atom. The number of rotatable bonds is 3. The molecule has 0 saturated carbocycles. The molecule has 2 heterocycles. The molecule has 0 unspecified atom stereocenters. The van der Waals surface area contributed by atoms with Gasteiger partial charge in [0, 0.05) is 5.69 Å². The molecule has 0 spiro atoms. The Bertz CT molecular complexity index is 783. The predicted molar refractivity (Wildman–Crippen MR) is 72.5 cm³/mol. The SMILES string of the molecule is CCc1ccc2c(c1)nc1[nH]c(C)c(CC(=O)O)n12. The monoisotopic (exact) mass is 257 g/mol. The summed E-state index contributed by atoms with van der Waals surface area (Å²) in [6.45, 7) is 3.97. The molecule has 3 aromatic rings. The van der Waals surface area contributed by atoms with Gasteiger partial charge in [-0.15, -0.1) is 0 Å². The van der Waals surface area contributed by atoms with Crippen molar-refractivity contribution in [2.45, 2.75) is 26.7 Å². The van der Waals surface area contributed by atoms with Crippen LogP contribution in [0.15, 0.2) is 18.2 Å². The molecule has 0 bridgehead atoms. The molecule has 5 heteroatoms. The van der Waals surface area contributed by atoms with Crippen LogP contribution in [0.2, 0.25) is 0 Å². The van der Waals surface area contributed by atoms with Gasteiger partial charge in [0.25, 0.3) is 0 Å². The van der Waals surface area contributed by atoms with Gasteiger partial charge in [-0.2, -0.15) is 0 Å². The van der Waals surface area contributed by atoms with Crippen molar-refractivity contribution in [2.24, 2.45) is 0 Å². The summed E-state index contributed by atoms with van der Waals surface area (Å²) in [7, 11) is 0. The second-order valence-corrected chi connectivity index (χ2v) is 4.71. The quantitative estimate of drug-likeness (QED) is 0.756. The van der Waals surface area contributed by atoms with E-state index in [1.807, 2.05) is 17.4 Å². The summed E-state index contributed by atoms with van der Waals surface area (Å²) in [5, 5.41) is 9.01. The maximum atomic E-state index is 11.0. The summed E-state index contributed by atoms with van der Waals surface area (Å²) in [5.41, 5.74) is 4.69. The van der Waals surface area contributed by atoms with Crippen molar-refractivity contribution in [3.8, 4) is 0 Å². The van der Waals surface area contributed by atoms with E-state index in [2.05, 4.69) is 29.0 Å². The van der Waals surface area contributed by atoms with Gasteiger partial charge >= 0.3 is 5.97 Å². The Labute approximate surface area is 109 Å². The number of fused-ring (bicyclic) bond motifs is 3. The van der Waals surface area contributed by atoms with Crippen molar-refractivity contribution in [1.82, 2.24) is 14.4 Å². The topological polar surface area (TPSA) is 70.4 Å². The van der Waals surface area contributed by atoms with Gasteiger partial charge in [0.05, 0.1) is 23.1 Å². The van der Waals surface area contributed by atoms with Crippen molar-refractivity contribution >= 4 is 22.8 Å². The molecule has 2 aromatic heterocycles. The number of aromatic nitrogens is 3. The third-order valence-corrected chi connectivity index (χ3v) is 3.45. The average Bonchev–Trinajstić information content (AvgIpc) is 2.85. The molecule has 0 saturated heterocycles. The number of imidazole rings is 2. The number of carboxylic acid groups (broad SMARTS) is 1. The van der Waals surface area contributed by atoms with E-state index >= 15 is 0 Å². The zero-order chi connectivity index (χ0) is 13.6. The first-order chi connectivity index (χ1) is 9.10. The normalized spacial score (nSPS) is 11.5. The van der Waals surface area contributed by atoms with E-state index in [0.717, 1.165) is 28.8 Å². The van der Waals surface area contributed by atoms with Crippen LogP contribution < -0.4 is 0 Å². The zero-order valence-corrected chi connectivity index (χ0v) is 10.9. The smallest absolute Gasteiger partial charge is 0.309 e. The Balaban J connectivity index is 2.31. The van der Waals surface area contributed by atoms with Gasteiger partial charge in [-0.3, -0.25) is 9.20 Å². The van der Waals surface area contributed by atoms with Crippen molar-refractivity contribution in [2.75, 3.05) is 0 Å². The van der Waals surface area contributed by atoms with E-state index in [4.69, 9.17) is 5.11 Å². The van der Waals surface area contributed by atoms with Crippen LogP contribution in [0, 0.1) is 6.92 Å². The highest BCUT2D eigenvalue weighted by molar-refractivity contribution is 5.82. The number of benzene rings is 1. The first-order valence-corrected chi connectivity index (χ1v) is 6.30. The van der Waals surface area contributed by atoms with Crippen LogP contribution in [0.3, 0.4) is 0 Å². The fraction of sp³-hybridized carbons (Fsp3) is 0.286. The molecule has 0 aliphatic heterocycles. The molecular formula is C14H15N3O2. The van der Waals surface area contributed by atoms with Gasteiger partial charge in [-0.1, -0.05) is 13.0 Å². The molecule has 0 aliphatic carbocycles. The van der Waals surface area contributed by atoms with Crippen molar-refractivity contribution in [1.29, 1.82) is 0 Å². The van der Waals surface area contributed by atoms with Crippen LogP contribution in [0.4, 0.5) is 0 Å². The van der Waals surface area contributed by atoms with Gasteiger partial charge in [-0.25, -0.2) is 4.98 Å². The van der Waals surface area contributed by atoms with Gasteiger partial charge in [0.15, 0.2) is 0 Å². The average molecular weight is 257 g/mol. The number of aromatic amines is 1. The molecule has 2 N–H and O–H groups in total. The van der Waals surface area contributed by atoms with Crippen LogP contribution >= 0.6 is 0 Å². The van der Waals surface area contributed by atoms with E-state index in [1.54, 1.807) is 0 Å². The molecule has 1 aromatic carbocycles. The van der Waals surface area contributed by atoms with Gasteiger partial charge in [-0.05, 0) is 31.0 Å². The summed E-state index contributed by atoms with van der Waals surface area (Å²) >= 11 is 0. The number of nitrogens with zero attached hydrogens (tertiary/aromatic N) is 2. The standard InChI is InChI=1S/C14H15N3O2/c1-3-9-4-5-11-10(6-9)16-14-15-8(2)12(17(11)14)7-13(18)19/h4-6H,3,7H2,1-2H3,(H,15,16)(H,18,19). The van der Waals surface area contributed by atoms with Crippen molar-refractivity contribution in [3.05, 3.63) is 35.2 Å². The molecule has 0 aliphatic rings. The van der Waals surface area contributed by atoms with E-state index in [9.17, 15) is 4.79 Å². The maximum Gasteiger partial charge on any atom is 0.309 e. The summed E-state index contributed by atoms with van der Waals surface area (Å²) in [5.74, 6) is -0.131. The Morgan fingerprint density at radius 1 is 1.47 bits per heavy atom. The Hall–Kier alpha value is -2.30. The number of hydrogen-bond donors (Lipinski definition) is 2. The fourth-order valence-electron chi connectivity index (χ4n) is 2.47. The predicted octanol–water partition coefficient (Wildman–Crippen LogP) is 2.31. The largest absolute Gasteiger partial charge is 0.481 e. The van der Waals surface area contributed by atoms with Crippen molar-refractivity contribution in [3.63, 3.8) is 0 Å². The number of nitrogens with one attached hydrogen (secondary N) is 1. The number of H-pyrrole nitrogens is 1. The van der Waals surface area contributed by atoms with Crippen LogP contribution in [0.1, 0.15) is 23.9 Å². The van der Waals surface area contributed by atoms with Crippen molar-refractivity contribution < 1.29 is 9.90 Å². The highest BCUT2D eigenvalue weighted by Gasteiger charge is 2.15. The number of hydrogen-bond acceptors (Lipinski definition) is 2. The zero-order valence-electron chi connectivity index (χ0n) is 10.9. The van der Waals surface area contributed by atoms with Crippen LogP contribution in [0.5, 0.6) is 0 Å². The van der Waals surface area contributed by atoms with Crippen LogP contribution in [-0.4, -0.2) is 25.4 Å². The van der Waals surface area contributed by atoms with Gasteiger partial charge < -0.3 is 10.1 Å². The number of carboxylic acids is 1. The highest BCUT2D eigenvalue weighted by Crippen LogP contribution is 2.22. The Morgan fingerprint density at radius 2 is 2.26 bits per heavy atom. The minimum atomic E-state index is -0.837. The Kier molecular flexibility index (Phi) is 2.55.